The molecule has 0 bridgehead atoms. The molecule has 122 valence electrons. The van der Waals surface area contributed by atoms with E-state index >= 15 is 0 Å². The van der Waals surface area contributed by atoms with E-state index in [0.717, 1.165) is 25.7 Å². The van der Waals surface area contributed by atoms with Gasteiger partial charge in [-0.05, 0) is 82.1 Å². The van der Waals surface area contributed by atoms with Gasteiger partial charge in [-0.25, -0.2) is 0 Å². The summed E-state index contributed by atoms with van der Waals surface area (Å²) in [6, 6.07) is 0. The van der Waals surface area contributed by atoms with Crippen LogP contribution < -0.4 is 0 Å². The highest BCUT2D eigenvalue weighted by Gasteiger charge is 2.57. The van der Waals surface area contributed by atoms with Gasteiger partial charge < -0.3 is 5.11 Å². The van der Waals surface area contributed by atoms with Crippen molar-refractivity contribution in [2.24, 2.45) is 22.7 Å². The summed E-state index contributed by atoms with van der Waals surface area (Å²) in [6.45, 7) is 8.82. The summed E-state index contributed by atoms with van der Waals surface area (Å²) in [7, 11) is 0. The number of rotatable bonds is 1. The van der Waals surface area contributed by atoms with Crippen LogP contribution in [0.1, 0.15) is 72.6 Å². The summed E-state index contributed by atoms with van der Waals surface area (Å²) in [6.07, 6.45) is 10.1. The molecule has 0 spiro atoms. The Bertz CT molecular complexity index is 552. The SMILES string of the molecule is CC(C)=C1C=C2CC[C@@H]3[C@](C)(CCC[C@@]3(C)C(=O)O)[C@@H]2CC1. The van der Waals surface area contributed by atoms with E-state index in [1.807, 2.05) is 6.92 Å². The Hall–Kier alpha value is -1.05. The van der Waals surface area contributed by atoms with Gasteiger partial charge in [0.1, 0.15) is 0 Å². The average molecular weight is 302 g/mol. The zero-order chi connectivity index (χ0) is 16.1. The zero-order valence-electron chi connectivity index (χ0n) is 14.5. The van der Waals surface area contributed by atoms with Gasteiger partial charge in [-0.3, -0.25) is 4.79 Å². The Morgan fingerprint density at radius 3 is 2.55 bits per heavy atom. The Labute approximate surface area is 134 Å². The number of aliphatic carboxylic acids is 1. The quantitative estimate of drug-likeness (QED) is 0.709. The fraction of sp³-hybridized carbons (Fsp3) is 0.750. The zero-order valence-corrected chi connectivity index (χ0v) is 14.5. The molecule has 0 aliphatic heterocycles. The summed E-state index contributed by atoms with van der Waals surface area (Å²) in [5.41, 5.74) is 4.23. The molecule has 22 heavy (non-hydrogen) atoms. The largest absolute Gasteiger partial charge is 0.481 e. The highest BCUT2D eigenvalue weighted by molar-refractivity contribution is 5.75. The van der Waals surface area contributed by atoms with Crippen molar-refractivity contribution in [1.82, 2.24) is 0 Å². The molecule has 0 aromatic rings. The molecule has 4 atom stereocenters. The molecule has 0 aromatic heterocycles. The lowest BCUT2D eigenvalue weighted by Gasteiger charge is -2.58. The lowest BCUT2D eigenvalue weighted by Crippen LogP contribution is -2.53. The van der Waals surface area contributed by atoms with Crippen LogP contribution in [0.3, 0.4) is 0 Å². The molecule has 0 heterocycles. The molecule has 0 radical (unpaired) electrons. The molecular weight excluding hydrogens is 272 g/mol. The van der Waals surface area contributed by atoms with Crippen LogP contribution in [0.4, 0.5) is 0 Å². The maximum absolute atomic E-state index is 12.0. The molecule has 0 aromatic carbocycles. The molecule has 2 heteroatoms. The van der Waals surface area contributed by atoms with Gasteiger partial charge in [0.2, 0.25) is 0 Å². The minimum atomic E-state index is -0.573. The van der Waals surface area contributed by atoms with Crippen LogP contribution in [-0.4, -0.2) is 11.1 Å². The van der Waals surface area contributed by atoms with Gasteiger partial charge in [-0.1, -0.05) is 30.6 Å². The van der Waals surface area contributed by atoms with Crippen molar-refractivity contribution >= 4 is 5.97 Å². The third-order valence-corrected chi connectivity index (χ3v) is 7.13. The third-order valence-electron chi connectivity index (χ3n) is 7.13. The number of carboxylic acids is 1. The van der Waals surface area contributed by atoms with E-state index in [-0.39, 0.29) is 5.41 Å². The van der Waals surface area contributed by atoms with Crippen LogP contribution in [0.2, 0.25) is 0 Å². The second-order valence-corrected chi connectivity index (χ2v) is 8.51. The Balaban J connectivity index is 1.99. The van der Waals surface area contributed by atoms with Crippen molar-refractivity contribution in [1.29, 1.82) is 0 Å². The predicted molar refractivity (Wildman–Crippen MR) is 89.6 cm³/mol. The van der Waals surface area contributed by atoms with Crippen molar-refractivity contribution in [3.8, 4) is 0 Å². The molecule has 2 nitrogen and oxygen atoms in total. The summed E-state index contributed by atoms with van der Waals surface area (Å²) in [4.78, 5) is 12.0. The van der Waals surface area contributed by atoms with E-state index in [2.05, 4.69) is 26.8 Å². The normalized spacial score (nSPS) is 41.3. The first-order valence-corrected chi connectivity index (χ1v) is 8.89. The molecule has 0 saturated heterocycles. The lowest BCUT2D eigenvalue weighted by molar-refractivity contribution is -0.164. The van der Waals surface area contributed by atoms with Gasteiger partial charge in [-0.2, -0.15) is 0 Å². The molecule has 3 aliphatic carbocycles. The van der Waals surface area contributed by atoms with E-state index in [1.54, 1.807) is 5.57 Å². The van der Waals surface area contributed by atoms with Crippen LogP contribution in [0, 0.1) is 22.7 Å². The van der Waals surface area contributed by atoms with Gasteiger partial charge in [-0.15, -0.1) is 0 Å². The van der Waals surface area contributed by atoms with Crippen molar-refractivity contribution < 1.29 is 9.90 Å². The summed E-state index contributed by atoms with van der Waals surface area (Å²) in [5, 5.41) is 9.84. The molecule has 0 amide bonds. The predicted octanol–water partition coefficient (Wildman–Crippen LogP) is 5.35. The maximum atomic E-state index is 12.0. The molecule has 2 fully saturated rings. The van der Waals surface area contributed by atoms with Crippen LogP contribution in [0.15, 0.2) is 22.8 Å². The van der Waals surface area contributed by atoms with Gasteiger partial charge >= 0.3 is 5.97 Å². The van der Waals surface area contributed by atoms with Crippen molar-refractivity contribution in [3.63, 3.8) is 0 Å². The van der Waals surface area contributed by atoms with Crippen LogP contribution in [0.5, 0.6) is 0 Å². The number of carbonyl (C=O) groups is 1. The highest BCUT2D eigenvalue weighted by atomic mass is 16.4. The van der Waals surface area contributed by atoms with E-state index in [4.69, 9.17) is 0 Å². The smallest absolute Gasteiger partial charge is 0.309 e. The van der Waals surface area contributed by atoms with Crippen LogP contribution in [0.25, 0.3) is 0 Å². The molecule has 2 saturated carbocycles. The monoisotopic (exact) mass is 302 g/mol. The Morgan fingerprint density at radius 2 is 1.91 bits per heavy atom. The van der Waals surface area contributed by atoms with Gasteiger partial charge in [0.15, 0.2) is 0 Å². The Kier molecular flexibility index (Phi) is 3.78. The third kappa shape index (κ3) is 2.18. The first-order valence-electron chi connectivity index (χ1n) is 8.89. The van der Waals surface area contributed by atoms with Crippen molar-refractivity contribution in [2.45, 2.75) is 72.6 Å². The Morgan fingerprint density at radius 1 is 1.18 bits per heavy atom. The summed E-state index contributed by atoms with van der Waals surface area (Å²) < 4.78 is 0. The number of carboxylic acid groups (broad SMARTS) is 1. The van der Waals surface area contributed by atoms with Gasteiger partial charge in [0.05, 0.1) is 5.41 Å². The fourth-order valence-electron chi connectivity index (χ4n) is 5.82. The standard InChI is InChI=1S/C20H30O2/c1-13(2)14-6-8-16-15(12-14)7-9-17-19(16,3)10-5-11-20(17,4)18(21)22/h12,16-17H,5-11H2,1-4H3,(H,21,22)/t16-,17-,19-,20-/m1/s1. The minimum absolute atomic E-state index is 0.183. The average Bonchev–Trinajstić information content (AvgIpc) is 2.46. The topological polar surface area (TPSA) is 37.3 Å². The van der Waals surface area contributed by atoms with Crippen LogP contribution >= 0.6 is 0 Å². The van der Waals surface area contributed by atoms with Gasteiger partial charge in [0.25, 0.3) is 0 Å². The van der Waals surface area contributed by atoms with Crippen molar-refractivity contribution in [2.75, 3.05) is 0 Å². The highest BCUT2D eigenvalue weighted by Crippen LogP contribution is 2.63. The van der Waals surface area contributed by atoms with E-state index in [0.29, 0.717) is 11.8 Å². The molecule has 0 unspecified atom stereocenters. The van der Waals surface area contributed by atoms with Crippen molar-refractivity contribution in [3.05, 3.63) is 22.8 Å². The van der Waals surface area contributed by atoms with E-state index < -0.39 is 11.4 Å². The lowest BCUT2D eigenvalue weighted by atomic mass is 9.46. The second kappa shape index (κ2) is 5.25. The molecule has 3 aliphatic rings. The molecular formula is C20H30O2. The van der Waals surface area contributed by atoms with E-state index in [1.165, 1.54) is 30.4 Å². The van der Waals surface area contributed by atoms with Gasteiger partial charge in [0, 0.05) is 0 Å². The first kappa shape index (κ1) is 15.8. The second-order valence-electron chi connectivity index (χ2n) is 8.51. The number of hydrogen-bond acceptors (Lipinski definition) is 1. The first-order chi connectivity index (χ1) is 10.3. The maximum Gasteiger partial charge on any atom is 0.309 e. The number of fused-ring (bicyclic) bond motifs is 3. The van der Waals surface area contributed by atoms with Crippen LogP contribution in [-0.2, 0) is 4.79 Å². The molecule has 1 N–H and O–H groups in total. The summed E-state index contributed by atoms with van der Waals surface area (Å²) in [5.74, 6) is 0.367. The molecule has 3 rings (SSSR count). The number of hydrogen-bond donors (Lipinski definition) is 1. The minimum Gasteiger partial charge on any atom is -0.481 e. The summed E-state index contributed by atoms with van der Waals surface area (Å²) >= 11 is 0. The fourth-order valence-corrected chi connectivity index (χ4v) is 5.82. The van der Waals surface area contributed by atoms with E-state index in [9.17, 15) is 9.90 Å². The number of allylic oxidation sites excluding steroid dienone is 4.